The first-order valence-corrected chi connectivity index (χ1v) is 8.43. The Bertz CT molecular complexity index is 926. The number of hydrogen-bond donors (Lipinski definition) is 0. The summed E-state index contributed by atoms with van der Waals surface area (Å²) in [5.41, 5.74) is 1.61. The molecule has 1 fully saturated rings. The molecule has 1 saturated heterocycles. The predicted octanol–water partition coefficient (Wildman–Crippen LogP) is 3.67. The molecule has 2 aromatic heterocycles. The van der Waals surface area contributed by atoms with E-state index in [4.69, 9.17) is 12.5 Å². The van der Waals surface area contributed by atoms with Crippen LogP contribution >= 0.6 is 0 Å². The van der Waals surface area contributed by atoms with Gasteiger partial charge in [-0.1, -0.05) is 25.4 Å². The third-order valence-electron chi connectivity index (χ3n) is 5.10. The van der Waals surface area contributed by atoms with Crippen molar-refractivity contribution >= 4 is 22.6 Å². The van der Waals surface area contributed by atoms with Gasteiger partial charge in [0, 0.05) is 29.1 Å². The van der Waals surface area contributed by atoms with E-state index in [1.54, 1.807) is 14.0 Å². The fraction of sp³-hybridized carbons (Fsp3) is 0.474. The molecule has 0 amide bonds. The van der Waals surface area contributed by atoms with Crippen molar-refractivity contribution in [3.63, 3.8) is 0 Å². The molecule has 0 saturated carbocycles. The molecule has 1 aromatic carbocycles. The van der Waals surface area contributed by atoms with E-state index < -0.39 is 6.37 Å². The molecular formula is C19H24N4O. The van der Waals surface area contributed by atoms with E-state index in [1.807, 2.05) is 40.9 Å². The molecule has 0 bridgehead atoms. The third kappa shape index (κ3) is 2.53. The number of nitrogens with zero attached hydrogens (tertiary/aromatic N) is 4. The van der Waals surface area contributed by atoms with Crippen molar-refractivity contribution in [3.05, 3.63) is 36.5 Å². The van der Waals surface area contributed by atoms with Crippen LogP contribution in [0.25, 0.3) is 16.8 Å². The van der Waals surface area contributed by atoms with Crippen LogP contribution in [0.5, 0.6) is 0 Å². The van der Waals surface area contributed by atoms with Gasteiger partial charge < -0.3 is 9.64 Å². The largest absolute Gasteiger partial charge is 0.378 e. The van der Waals surface area contributed by atoms with Gasteiger partial charge in [0.2, 0.25) is 5.78 Å². The second-order valence-electron chi connectivity index (χ2n) is 6.46. The fourth-order valence-electron chi connectivity index (χ4n) is 3.63. The lowest BCUT2D eigenvalue weighted by atomic mass is 9.87. The van der Waals surface area contributed by atoms with Gasteiger partial charge in [-0.15, -0.1) is 0 Å². The number of anilines is 1. The van der Waals surface area contributed by atoms with E-state index in [-0.39, 0.29) is 5.60 Å². The number of benzene rings is 1. The Hall–Kier alpha value is -2.14. The SMILES string of the molecule is [2H]C([2H])(C)CC1(OC)CCN(c2ccn3c(n2)nc2ccccc23)CC1. The second-order valence-corrected chi connectivity index (χ2v) is 6.46. The molecule has 0 atom stereocenters. The molecule has 0 spiro atoms. The Morgan fingerprint density at radius 2 is 2.00 bits per heavy atom. The Kier molecular flexibility index (Phi) is 3.33. The Labute approximate surface area is 145 Å². The molecular weight excluding hydrogens is 300 g/mol. The normalized spacial score (nSPS) is 19.5. The number of aromatic nitrogens is 3. The second kappa shape index (κ2) is 6.06. The van der Waals surface area contributed by atoms with Crippen LogP contribution in [0.2, 0.25) is 0 Å². The smallest absolute Gasteiger partial charge is 0.236 e. The summed E-state index contributed by atoms with van der Waals surface area (Å²) in [7, 11) is 1.70. The van der Waals surface area contributed by atoms with Gasteiger partial charge in [0.15, 0.2) is 0 Å². The summed E-state index contributed by atoms with van der Waals surface area (Å²) in [4.78, 5) is 11.6. The molecule has 1 aliphatic heterocycles. The Balaban J connectivity index is 1.56. The van der Waals surface area contributed by atoms with E-state index in [0.29, 0.717) is 12.2 Å². The number of rotatable bonds is 4. The summed E-state index contributed by atoms with van der Waals surface area (Å²) in [5, 5.41) is 0. The van der Waals surface area contributed by atoms with Crippen LogP contribution < -0.4 is 4.90 Å². The van der Waals surface area contributed by atoms with E-state index >= 15 is 0 Å². The molecule has 126 valence electrons. The highest BCUT2D eigenvalue weighted by Crippen LogP contribution is 2.32. The molecule has 3 aromatic rings. The quantitative estimate of drug-likeness (QED) is 0.734. The van der Waals surface area contributed by atoms with Crippen molar-refractivity contribution in [2.45, 2.75) is 38.2 Å². The average molecular weight is 326 g/mol. The van der Waals surface area contributed by atoms with Gasteiger partial charge in [0.05, 0.1) is 16.6 Å². The summed E-state index contributed by atoms with van der Waals surface area (Å²) in [5.74, 6) is 1.62. The van der Waals surface area contributed by atoms with E-state index in [9.17, 15) is 0 Å². The van der Waals surface area contributed by atoms with E-state index in [0.717, 1.165) is 42.8 Å². The number of piperidine rings is 1. The molecule has 5 heteroatoms. The molecule has 24 heavy (non-hydrogen) atoms. The first-order chi connectivity index (χ1) is 12.4. The number of hydrogen-bond acceptors (Lipinski definition) is 4. The highest BCUT2D eigenvalue weighted by molar-refractivity contribution is 5.79. The number of para-hydroxylation sites is 2. The lowest BCUT2D eigenvalue weighted by Crippen LogP contribution is -2.45. The first-order valence-electron chi connectivity index (χ1n) is 9.43. The van der Waals surface area contributed by atoms with Crippen molar-refractivity contribution in [1.29, 1.82) is 0 Å². The Morgan fingerprint density at radius 3 is 2.75 bits per heavy atom. The summed E-state index contributed by atoms with van der Waals surface area (Å²) in [6, 6.07) is 10.1. The van der Waals surface area contributed by atoms with Crippen molar-refractivity contribution in [3.8, 4) is 0 Å². The molecule has 1 aliphatic rings. The molecule has 4 rings (SSSR count). The highest BCUT2D eigenvalue weighted by atomic mass is 16.5. The minimum Gasteiger partial charge on any atom is -0.378 e. The van der Waals surface area contributed by atoms with Crippen molar-refractivity contribution in [1.82, 2.24) is 14.4 Å². The zero-order valence-corrected chi connectivity index (χ0v) is 14.2. The molecule has 0 radical (unpaired) electrons. The van der Waals surface area contributed by atoms with Crippen molar-refractivity contribution < 1.29 is 7.48 Å². The zero-order chi connectivity index (χ0) is 18.4. The summed E-state index contributed by atoms with van der Waals surface area (Å²) in [6.45, 7) is 3.22. The molecule has 3 heterocycles. The van der Waals surface area contributed by atoms with Gasteiger partial charge in [-0.3, -0.25) is 4.40 Å². The monoisotopic (exact) mass is 326 g/mol. The summed E-state index contributed by atoms with van der Waals surface area (Å²) >= 11 is 0. The van der Waals surface area contributed by atoms with E-state index in [1.165, 1.54) is 0 Å². The highest BCUT2D eigenvalue weighted by Gasteiger charge is 2.34. The van der Waals surface area contributed by atoms with Crippen LogP contribution in [-0.2, 0) is 4.74 Å². The average Bonchev–Trinajstić information content (AvgIpc) is 2.98. The number of methoxy groups -OCH3 is 1. The molecule has 5 nitrogen and oxygen atoms in total. The zero-order valence-electron chi connectivity index (χ0n) is 16.2. The maximum atomic E-state index is 7.90. The summed E-state index contributed by atoms with van der Waals surface area (Å²) in [6.07, 6.45) is 2.80. The van der Waals surface area contributed by atoms with Gasteiger partial charge in [-0.2, -0.15) is 4.98 Å². The van der Waals surface area contributed by atoms with Crippen LogP contribution in [0.15, 0.2) is 36.5 Å². The van der Waals surface area contributed by atoms with Crippen LogP contribution in [0.4, 0.5) is 5.82 Å². The summed E-state index contributed by atoms with van der Waals surface area (Å²) < 4.78 is 23.6. The topological polar surface area (TPSA) is 42.7 Å². The Morgan fingerprint density at radius 1 is 1.21 bits per heavy atom. The van der Waals surface area contributed by atoms with Crippen LogP contribution in [0.1, 0.15) is 35.3 Å². The van der Waals surface area contributed by atoms with Crippen LogP contribution in [0.3, 0.4) is 0 Å². The standard InChI is InChI=1S/C19H24N4O/c1-3-9-19(24-2)10-13-22(14-11-19)17-8-12-23-16-7-5-4-6-15(16)20-18(23)21-17/h4-8,12H,3,9-11,13-14H2,1-2H3/i3D2. The van der Waals surface area contributed by atoms with Gasteiger partial charge in [0.1, 0.15) is 5.82 Å². The number of ether oxygens (including phenoxy) is 1. The van der Waals surface area contributed by atoms with Gasteiger partial charge in [-0.05, 0) is 37.5 Å². The minimum atomic E-state index is -1.23. The van der Waals surface area contributed by atoms with Gasteiger partial charge >= 0.3 is 0 Å². The van der Waals surface area contributed by atoms with Crippen LogP contribution in [0, 0.1) is 0 Å². The van der Waals surface area contributed by atoms with E-state index in [2.05, 4.69) is 9.88 Å². The third-order valence-corrected chi connectivity index (χ3v) is 5.10. The minimum absolute atomic E-state index is 0.388. The maximum Gasteiger partial charge on any atom is 0.236 e. The van der Waals surface area contributed by atoms with Gasteiger partial charge in [-0.25, -0.2) is 4.98 Å². The lowest BCUT2D eigenvalue weighted by molar-refractivity contribution is -0.0365. The van der Waals surface area contributed by atoms with Gasteiger partial charge in [0.25, 0.3) is 0 Å². The molecule has 0 aliphatic carbocycles. The number of fused-ring (bicyclic) bond motifs is 3. The fourth-order valence-corrected chi connectivity index (χ4v) is 3.63. The number of imidazole rings is 1. The van der Waals surface area contributed by atoms with Crippen molar-refractivity contribution in [2.75, 3.05) is 25.1 Å². The first kappa shape index (κ1) is 13.2. The predicted molar refractivity (Wildman–Crippen MR) is 96.6 cm³/mol. The van der Waals surface area contributed by atoms with Crippen LogP contribution in [-0.4, -0.2) is 40.2 Å². The lowest BCUT2D eigenvalue weighted by Gasteiger charge is -2.41. The maximum absolute atomic E-state index is 7.90. The molecule has 0 N–H and O–H groups in total. The van der Waals surface area contributed by atoms with Crippen molar-refractivity contribution in [2.24, 2.45) is 0 Å². The molecule has 0 unspecified atom stereocenters.